The van der Waals surface area contributed by atoms with Gasteiger partial charge in [0.2, 0.25) is 0 Å². The number of hydrogen-bond acceptors (Lipinski definition) is 5. The van der Waals surface area contributed by atoms with Crippen LogP contribution in [0.15, 0.2) is 74.9 Å². The number of nitrogens with one attached hydrogen (secondary N) is 1. The van der Waals surface area contributed by atoms with Gasteiger partial charge in [-0.05, 0) is 52.5 Å². The lowest BCUT2D eigenvalue weighted by atomic mass is 10.0. The van der Waals surface area contributed by atoms with Crippen molar-refractivity contribution in [1.82, 2.24) is 0 Å². The topological polar surface area (TPSA) is 67.5 Å². The Kier molecular flexibility index (Phi) is 10.2. The van der Waals surface area contributed by atoms with E-state index >= 15 is 0 Å². The van der Waals surface area contributed by atoms with Gasteiger partial charge in [-0.2, -0.15) is 0 Å². The first-order valence-corrected chi connectivity index (χ1v) is 11.8. The quantitative estimate of drug-likeness (QED) is 0.313. The van der Waals surface area contributed by atoms with E-state index in [4.69, 9.17) is 15.6 Å². The first kappa shape index (κ1) is 25.1. The van der Waals surface area contributed by atoms with Gasteiger partial charge in [0.15, 0.2) is 0 Å². The summed E-state index contributed by atoms with van der Waals surface area (Å²) in [6.07, 6.45) is 0. The smallest absolute Gasteiger partial charge is 0.145 e. The number of nitrogens with two attached hydrogens (primary N) is 1. The molecule has 0 fully saturated rings. The van der Waals surface area contributed by atoms with E-state index in [2.05, 4.69) is 66.3 Å². The number of halogens is 1. The molecule has 0 atom stereocenters. The summed E-state index contributed by atoms with van der Waals surface area (Å²) in [6.45, 7) is 6.98. The largest absolute Gasteiger partial charge is 0.494 e. The third-order valence-electron chi connectivity index (χ3n) is 4.58. The Morgan fingerprint density at radius 2 is 1.74 bits per heavy atom. The average molecular weight is 504 g/mol. The van der Waals surface area contributed by atoms with Crippen LogP contribution in [0, 0.1) is 6.92 Å². The lowest BCUT2D eigenvalue weighted by Gasteiger charge is -2.17. The standard InChI is InChI=1S/C15H17BrN2O2S.C10H14/c1-20-11-9-12(21-10-5-3-2-4-6-10)13(16)14(17)15(11)18-7-8-19;1-8(2)10-6-4-9(3)5-7-10/h2-6,9,18-19H,7-8,17H2,1H3;4-8H,1-3H3. The van der Waals surface area contributed by atoms with E-state index in [0.29, 0.717) is 29.6 Å². The predicted octanol–water partition coefficient (Wildman–Crippen LogP) is 6.71. The zero-order chi connectivity index (χ0) is 22.8. The molecule has 3 aromatic rings. The number of rotatable bonds is 7. The fourth-order valence-electron chi connectivity index (χ4n) is 2.80. The number of methoxy groups -OCH3 is 1. The Morgan fingerprint density at radius 1 is 1.10 bits per heavy atom. The van der Waals surface area contributed by atoms with Crippen LogP contribution >= 0.6 is 27.7 Å². The van der Waals surface area contributed by atoms with E-state index in [1.165, 1.54) is 11.1 Å². The number of ether oxygens (including phenoxy) is 1. The molecule has 0 unspecified atom stereocenters. The van der Waals surface area contributed by atoms with Crippen LogP contribution in [0.1, 0.15) is 30.9 Å². The molecule has 0 spiro atoms. The van der Waals surface area contributed by atoms with Crippen LogP contribution in [-0.4, -0.2) is 25.4 Å². The normalized spacial score (nSPS) is 10.4. The highest BCUT2D eigenvalue weighted by Crippen LogP contribution is 2.44. The van der Waals surface area contributed by atoms with Crippen molar-refractivity contribution >= 4 is 39.1 Å². The predicted molar refractivity (Wildman–Crippen MR) is 137 cm³/mol. The Morgan fingerprint density at radius 3 is 2.29 bits per heavy atom. The molecule has 0 aliphatic heterocycles. The van der Waals surface area contributed by atoms with Crippen LogP contribution in [0.4, 0.5) is 11.4 Å². The van der Waals surface area contributed by atoms with Gasteiger partial charge in [0.1, 0.15) is 11.4 Å². The summed E-state index contributed by atoms with van der Waals surface area (Å²) < 4.78 is 6.22. The van der Waals surface area contributed by atoms with Crippen LogP contribution < -0.4 is 15.8 Å². The van der Waals surface area contributed by atoms with Crippen molar-refractivity contribution in [2.75, 3.05) is 31.3 Å². The number of benzene rings is 3. The van der Waals surface area contributed by atoms with Crippen LogP contribution in [-0.2, 0) is 0 Å². The Hall–Kier alpha value is -2.15. The van der Waals surface area contributed by atoms with Crippen molar-refractivity contribution in [2.45, 2.75) is 36.5 Å². The maximum absolute atomic E-state index is 8.94. The second-order valence-corrected chi connectivity index (χ2v) is 9.22. The zero-order valence-corrected chi connectivity index (χ0v) is 20.9. The molecule has 0 aromatic heterocycles. The Labute approximate surface area is 198 Å². The molecule has 4 nitrogen and oxygen atoms in total. The number of hydrogen-bond donors (Lipinski definition) is 3. The molecule has 0 amide bonds. The molecule has 0 aliphatic rings. The fraction of sp³-hybridized carbons (Fsp3) is 0.280. The van der Waals surface area contributed by atoms with Crippen molar-refractivity contribution in [3.05, 3.63) is 76.3 Å². The Bertz CT molecular complexity index is 948. The number of anilines is 2. The first-order valence-electron chi connectivity index (χ1n) is 10.2. The van der Waals surface area contributed by atoms with Gasteiger partial charge in [-0.25, -0.2) is 0 Å². The second kappa shape index (κ2) is 12.6. The number of aliphatic hydroxyl groups excluding tert-OH is 1. The van der Waals surface area contributed by atoms with Crippen molar-refractivity contribution in [1.29, 1.82) is 0 Å². The lowest BCUT2D eigenvalue weighted by molar-refractivity contribution is 0.311. The highest BCUT2D eigenvalue weighted by Gasteiger charge is 2.15. The molecule has 0 aliphatic carbocycles. The molecule has 31 heavy (non-hydrogen) atoms. The molecular weight excluding hydrogens is 472 g/mol. The maximum Gasteiger partial charge on any atom is 0.145 e. The summed E-state index contributed by atoms with van der Waals surface area (Å²) >= 11 is 5.15. The molecular formula is C25H31BrN2O2S. The monoisotopic (exact) mass is 502 g/mol. The minimum Gasteiger partial charge on any atom is -0.494 e. The molecule has 0 saturated heterocycles. The summed E-state index contributed by atoms with van der Waals surface area (Å²) in [5.74, 6) is 1.31. The van der Waals surface area contributed by atoms with Gasteiger partial charge in [-0.1, -0.05) is 73.6 Å². The van der Waals surface area contributed by atoms with Crippen LogP contribution in [0.3, 0.4) is 0 Å². The Balaban J connectivity index is 0.000000285. The van der Waals surface area contributed by atoms with Crippen LogP contribution in [0.2, 0.25) is 0 Å². The number of aryl methyl sites for hydroxylation is 1. The van der Waals surface area contributed by atoms with E-state index in [0.717, 1.165) is 14.3 Å². The van der Waals surface area contributed by atoms with Gasteiger partial charge in [0.25, 0.3) is 0 Å². The first-order chi connectivity index (χ1) is 14.9. The number of aliphatic hydroxyl groups is 1. The third-order valence-corrected chi connectivity index (χ3v) is 6.75. The van der Waals surface area contributed by atoms with Gasteiger partial charge in [0, 0.05) is 16.3 Å². The van der Waals surface area contributed by atoms with Gasteiger partial charge in [-0.3, -0.25) is 0 Å². The van der Waals surface area contributed by atoms with Crippen molar-refractivity contribution in [2.24, 2.45) is 0 Å². The minimum atomic E-state index is 0.0285. The molecule has 6 heteroatoms. The summed E-state index contributed by atoms with van der Waals surface area (Å²) in [5.41, 5.74) is 10.2. The molecule has 3 aromatic carbocycles. The van der Waals surface area contributed by atoms with Gasteiger partial charge in [0.05, 0.1) is 23.9 Å². The number of nitrogen functional groups attached to an aromatic ring is 1. The van der Waals surface area contributed by atoms with Gasteiger partial charge >= 0.3 is 0 Å². The van der Waals surface area contributed by atoms with E-state index < -0.39 is 0 Å². The maximum atomic E-state index is 8.94. The van der Waals surface area contributed by atoms with Gasteiger partial charge in [-0.15, -0.1) is 0 Å². The summed E-state index contributed by atoms with van der Waals surface area (Å²) in [7, 11) is 1.60. The van der Waals surface area contributed by atoms with E-state index in [1.807, 2.05) is 36.4 Å². The summed E-state index contributed by atoms with van der Waals surface area (Å²) in [6, 6.07) is 20.7. The molecule has 0 heterocycles. The average Bonchev–Trinajstić information content (AvgIpc) is 2.77. The van der Waals surface area contributed by atoms with E-state index in [9.17, 15) is 0 Å². The molecule has 0 bridgehead atoms. The molecule has 0 saturated carbocycles. The second-order valence-electron chi connectivity index (χ2n) is 7.31. The van der Waals surface area contributed by atoms with Gasteiger partial charge < -0.3 is 20.9 Å². The highest BCUT2D eigenvalue weighted by atomic mass is 79.9. The van der Waals surface area contributed by atoms with Crippen molar-refractivity contribution < 1.29 is 9.84 Å². The molecule has 166 valence electrons. The van der Waals surface area contributed by atoms with E-state index in [1.54, 1.807) is 18.9 Å². The highest BCUT2D eigenvalue weighted by molar-refractivity contribution is 9.10. The van der Waals surface area contributed by atoms with Crippen LogP contribution in [0.25, 0.3) is 0 Å². The fourth-order valence-corrected chi connectivity index (χ4v) is 4.26. The molecule has 3 rings (SSSR count). The van der Waals surface area contributed by atoms with Crippen LogP contribution in [0.5, 0.6) is 5.75 Å². The molecule has 0 radical (unpaired) electrons. The minimum absolute atomic E-state index is 0.0285. The van der Waals surface area contributed by atoms with Crippen molar-refractivity contribution in [3.63, 3.8) is 0 Å². The third kappa shape index (κ3) is 7.49. The zero-order valence-electron chi connectivity index (χ0n) is 18.5. The molecule has 4 N–H and O–H groups in total. The van der Waals surface area contributed by atoms with E-state index in [-0.39, 0.29) is 6.61 Å². The SMILES string of the molecule is COc1cc(Sc2ccccc2)c(Br)c(N)c1NCCO.Cc1ccc(C(C)C)cc1. The summed E-state index contributed by atoms with van der Waals surface area (Å²) in [4.78, 5) is 2.10. The van der Waals surface area contributed by atoms with Crippen molar-refractivity contribution in [3.8, 4) is 5.75 Å². The lowest BCUT2D eigenvalue weighted by Crippen LogP contribution is -2.09. The summed E-state index contributed by atoms with van der Waals surface area (Å²) in [5, 5.41) is 12.0.